The summed E-state index contributed by atoms with van der Waals surface area (Å²) in [4.78, 5) is 0. The smallest absolute Gasteiger partial charge is 0.122 e. The summed E-state index contributed by atoms with van der Waals surface area (Å²) < 4.78 is 0. The van der Waals surface area contributed by atoms with E-state index in [4.69, 9.17) is 5.26 Å². The molecule has 1 aromatic carbocycles. The summed E-state index contributed by atoms with van der Waals surface area (Å²) >= 11 is 0. The minimum Gasteiger partial charge on any atom is -0.382 e. The Hall–Kier alpha value is -0.616. The molecule has 1 rings (SSSR count). The summed E-state index contributed by atoms with van der Waals surface area (Å²) in [7, 11) is 0. The average molecular weight is 222 g/mol. The molecule has 0 bridgehead atoms. The van der Waals surface area contributed by atoms with E-state index in [1.165, 1.54) is 0 Å². The van der Waals surface area contributed by atoms with Crippen LogP contribution in [0.1, 0.15) is 24.8 Å². The summed E-state index contributed by atoms with van der Waals surface area (Å²) in [6.45, 7) is 0. The molecular weight excluding hydrogens is 210 g/mol. The van der Waals surface area contributed by atoms with Gasteiger partial charge in [0, 0.05) is 28.1 Å². The molecule has 71 valence electrons. The number of unbranched alkanes of at least 4 members (excludes halogenated alkanes) is 1. The Morgan fingerprint density at radius 3 is 2.50 bits per heavy atom. The van der Waals surface area contributed by atoms with Crippen LogP contribution in [-0.4, -0.2) is 5.11 Å². The molecular formula is C11H12NOTi. The Morgan fingerprint density at radius 2 is 1.93 bits per heavy atom. The Bertz CT molecular complexity index is 281. The maximum absolute atomic E-state index is 9.55. The van der Waals surface area contributed by atoms with E-state index in [0.29, 0.717) is 18.9 Å². The van der Waals surface area contributed by atoms with Crippen LogP contribution in [0.2, 0.25) is 0 Å². The molecule has 0 heterocycles. The summed E-state index contributed by atoms with van der Waals surface area (Å²) in [5.41, 5.74) is 0.848. The third-order valence-electron chi connectivity index (χ3n) is 1.81. The minimum absolute atomic E-state index is 0. The van der Waals surface area contributed by atoms with Crippen LogP contribution in [0.5, 0.6) is 0 Å². The maximum atomic E-state index is 9.55. The Morgan fingerprint density at radius 1 is 1.29 bits per heavy atom. The van der Waals surface area contributed by atoms with Crippen LogP contribution in [0.4, 0.5) is 0 Å². The molecule has 0 amide bonds. The SMILES string of the molecule is N#CCCC[C](O)c1ccccc1.[Ti]. The Balaban J connectivity index is 0.00000169. The molecule has 0 aliphatic rings. The van der Waals surface area contributed by atoms with Gasteiger partial charge in [0.15, 0.2) is 0 Å². The van der Waals surface area contributed by atoms with Crippen LogP contribution in [0.15, 0.2) is 30.3 Å². The van der Waals surface area contributed by atoms with Gasteiger partial charge in [-0.2, -0.15) is 5.26 Å². The van der Waals surface area contributed by atoms with Gasteiger partial charge in [-0.3, -0.25) is 0 Å². The molecule has 2 nitrogen and oxygen atoms in total. The molecule has 0 aromatic heterocycles. The monoisotopic (exact) mass is 222 g/mol. The fourth-order valence-corrected chi connectivity index (χ4v) is 1.11. The van der Waals surface area contributed by atoms with Gasteiger partial charge in [0.2, 0.25) is 0 Å². The zero-order chi connectivity index (χ0) is 9.52. The van der Waals surface area contributed by atoms with Gasteiger partial charge in [0.25, 0.3) is 0 Å². The number of aliphatic hydroxyl groups is 1. The largest absolute Gasteiger partial charge is 0.382 e. The number of hydrogen-bond acceptors (Lipinski definition) is 2. The van der Waals surface area contributed by atoms with Crippen molar-refractivity contribution in [2.45, 2.75) is 19.3 Å². The summed E-state index contributed by atoms with van der Waals surface area (Å²) in [5.74, 6) is 0. The fraction of sp³-hybridized carbons (Fsp3) is 0.273. The van der Waals surface area contributed by atoms with E-state index in [9.17, 15) is 5.11 Å². The van der Waals surface area contributed by atoms with Crippen molar-refractivity contribution in [2.24, 2.45) is 0 Å². The second kappa shape index (κ2) is 7.76. The molecule has 1 radical (unpaired) electrons. The van der Waals surface area contributed by atoms with Gasteiger partial charge in [-0.05, 0) is 18.4 Å². The van der Waals surface area contributed by atoms with Crippen LogP contribution in [-0.2, 0) is 21.7 Å². The van der Waals surface area contributed by atoms with E-state index in [2.05, 4.69) is 6.07 Å². The molecule has 14 heavy (non-hydrogen) atoms. The number of aliphatic hydroxyl groups excluding tert-OH is 1. The summed E-state index contributed by atoms with van der Waals surface area (Å²) in [5, 5.41) is 17.9. The predicted molar refractivity (Wildman–Crippen MR) is 50.2 cm³/mol. The predicted octanol–water partition coefficient (Wildman–Crippen LogP) is 2.63. The zero-order valence-electron chi connectivity index (χ0n) is 7.90. The molecule has 0 saturated heterocycles. The van der Waals surface area contributed by atoms with Crippen molar-refractivity contribution in [3.05, 3.63) is 42.0 Å². The van der Waals surface area contributed by atoms with Crippen molar-refractivity contribution in [3.8, 4) is 6.07 Å². The standard InChI is InChI=1S/C11H12NO.Ti/c12-9-5-4-8-11(13)10-6-2-1-3-7-10;/h1-3,6-7,13H,4-5,8H2;. The van der Waals surface area contributed by atoms with Gasteiger partial charge in [-0.1, -0.05) is 30.3 Å². The molecule has 0 aliphatic heterocycles. The van der Waals surface area contributed by atoms with Crippen molar-refractivity contribution in [2.75, 3.05) is 0 Å². The van der Waals surface area contributed by atoms with Gasteiger partial charge in [-0.25, -0.2) is 0 Å². The van der Waals surface area contributed by atoms with Crippen LogP contribution >= 0.6 is 0 Å². The zero-order valence-corrected chi connectivity index (χ0v) is 9.46. The van der Waals surface area contributed by atoms with Crippen molar-refractivity contribution in [1.29, 1.82) is 5.26 Å². The van der Waals surface area contributed by atoms with E-state index in [1.807, 2.05) is 30.3 Å². The molecule has 0 fully saturated rings. The fourth-order valence-electron chi connectivity index (χ4n) is 1.11. The minimum atomic E-state index is 0. The topological polar surface area (TPSA) is 44.0 Å². The normalized spacial score (nSPS) is 9.21. The molecule has 0 saturated carbocycles. The first-order chi connectivity index (χ1) is 6.34. The van der Waals surface area contributed by atoms with Gasteiger partial charge in [-0.15, -0.1) is 0 Å². The Labute approximate surface area is 99.4 Å². The van der Waals surface area contributed by atoms with E-state index >= 15 is 0 Å². The van der Waals surface area contributed by atoms with Gasteiger partial charge in [0.1, 0.15) is 6.10 Å². The van der Waals surface area contributed by atoms with Crippen molar-refractivity contribution < 1.29 is 26.8 Å². The van der Waals surface area contributed by atoms with Crippen molar-refractivity contribution >= 4 is 0 Å². The van der Waals surface area contributed by atoms with Crippen molar-refractivity contribution in [1.82, 2.24) is 0 Å². The number of nitriles is 1. The second-order valence-electron chi connectivity index (χ2n) is 2.82. The molecule has 1 N–H and O–H groups in total. The summed E-state index contributed by atoms with van der Waals surface area (Å²) in [6.07, 6.45) is 2.17. The summed E-state index contributed by atoms with van der Waals surface area (Å²) in [6, 6.07) is 11.5. The molecule has 0 spiro atoms. The number of rotatable bonds is 4. The van der Waals surface area contributed by atoms with Crippen LogP contribution < -0.4 is 0 Å². The first-order valence-electron chi connectivity index (χ1n) is 4.32. The van der Waals surface area contributed by atoms with E-state index in [1.54, 1.807) is 0 Å². The molecule has 0 aliphatic carbocycles. The average Bonchev–Trinajstić information content (AvgIpc) is 2.19. The maximum Gasteiger partial charge on any atom is 0.122 e. The van der Waals surface area contributed by atoms with Crippen molar-refractivity contribution in [3.63, 3.8) is 0 Å². The molecule has 3 heteroatoms. The molecule has 0 unspecified atom stereocenters. The first-order valence-corrected chi connectivity index (χ1v) is 4.32. The third-order valence-corrected chi connectivity index (χ3v) is 1.81. The quantitative estimate of drug-likeness (QED) is 0.628. The molecule has 0 atom stereocenters. The van der Waals surface area contributed by atoms with E-state index in [0.717, 1.165) is 12.0 Å². The van der Waals surface area contributed by atoms with Crippen LogP contribution in [0.25, 0.3) is 0 Å². The van der Waals surface area contributed by atoms with Gasteiger partial charge in [0.05, 0.1) is 6.07 Å². The number of benzene rings is 1. The third kappa shape index (κ3) is 4.57. The Kier molecular flexibility index (Phi) is 7.42. The van der Waals surface area contributed by atoms with Gasteiger partial charge < -0.3 is 5.11 Å². The van der Waals surface area contributed by atoms with Crippen LogP contribution in [0, 0.1) is 17.4 Å². The second-order valence-corrected chi connectivity index (χ2v) is 2.82. The molecule has 1 aromatic rings. The van der Waals surface area contributed by atoms with E-state index in [-0.39, 0.29) is 21.7 Å². The van der Waals surface area contributed by atoms with Crippen LogP contribution in [0.3, 0.4) is 0 Å². The number of nitrogens with zero attached hydrogens (tertiary/aromatic N) is 1. The van der Waals surface area contributed by atoms with E-state index < -0.39 is 0 Å². The first kappa shape index (κ1) is 13.4. The number of hydrogen-bond donors (Lipinski definition) is 1. The van der Waals surface area contributed by atoms with Gasteiger partial charge >= 0.3 is 0 Å².